The average Bonchev–Trinajstić information content (AvgIpc) is 2.60. The lowest BCUT2D eigenvalue weighted by molar-refractivity contribution is -0.134. The van der Waals surface area contributed by atoms with Crippen LogP contribution in [0.3, 0.4) is 0 Å². The third-order valence-electron chi connectivity index (χ3n) is 3.80. The summed E-state index contributed by atoms with van der Waals surface area (Å²) in [5, 5.41) is 19.1. The molecule has 0 aliphatic heterocycles. The molecule has 2 aromatic carbocycles. The smallest absolute Gasteiger partial charge is 0.246 e. The third kappa shape index (κ3) is 5.85. The summed E-state index contributed by atoms with van der Waals surface area (Å²) in [5.74, 6) is -0.953. The van der Waals surface area contributed by atoms with E-state index >= 15 is 0 Å². The van der Waals surface area contributed by atoms with E-state index in [1.807, 2.05) is 60.7 Å². The highest BCUT2D eigenvalue weighted by atomic mass is 16.5. The molecular formula is C19H22NO3. The lowest BCUT2D eigenvalue weighted by Crippen LogP contribution is -2.32. The van der Waals surface area contributed by atoms with Crippen LogP contribution in [0.15, 0.2) is 60.7 Å². The Labute approximate surface area is 136 Å². The zero-order chi connectivity index (χ0) is 16.5. The second-order valence-corrected chi connectivity index (χ2v) is 5.59. The Kier molecular flexibility index (Phi) is 6.78. The van der Waals surface area contributed by atoms with Gasteiger partial charge in [0.2, 0.25) is 5.91 Å². The van der Waals surface area contributed by atoms with Crippen molar-refractivity contribution in [2.75, 3.05) is 0 Å². The van der Waals surface area contributed by atoms with Crippen molar-refractivity contribution in [2.45, 2.75) is 25.4 Å². The zero-order valence-electron chi connectivity index (χ0n) is 12.9. The van der Waals surface area contributed by atoms with Crippen LogP contribution in [0.5, 0.6) is 0 Å². The normalized spacial score (nSPS) is 13.3. The first-order valence-corrected chi connectivity index (χ1v) is 7.72. The van der Waals surface area contributed by atoms with Crippen LogP contribution in [-0.4, -0.2) is 22.3 Å². The summed E-state index contributed by atoms with van der Waals surface area (Å²) in [6.07, 6.45) is 2.47. The molecule has 0 unspecified atom stereocenters. The monoisotopic (exact) mass is 312 g/mol. The van der Waals surface area contributed by atoms with Crippen molar-refractivity contribution in [1.82, 2.24) is 5.48 Å². The number of aliphatic hydroxyl groups is 1. The number of hydrogen-bond donors (Lipinski definition) is 3. The fourth-order valence-electron chi connectivity index (χ4n) is 2.55. The number of nitrogens with one attached hydrogen (secondary N) is 1. The Morgan fingerprint density at radius 3 is 2.13 bits per heavy atom. The maximum atomic E-state index is 11.8. The van der Waals surface area contributed by atoms with Gasteiger partial charge in [-0.05, 0) is 36.8 Å². The molecule has 1 radical (unpaired) electrons. The predicted octanol–water partition coefficient (Wildman–Crippen LogP) is 2.55. The molecule has 23 heavy (non-hydrogen) atoms. The van der Waals surface area contributed by atoms with Crippen LogP contribution in [0.4, 0.5) is 0 Å². The molecular weight excluding hydrogens is 290 g/mol. The van der Waals surface area contributed by atoms with E-state index in [0.29, 0.717) is 12.8 Å². The summed E-state index contributed by atoms with van der Waals surface area (Å²) < 4.78 is 0. The highest BCUT2D eigenvalue weighted by Crippen LogP contribution is 2.17. The van der Waals surface area contributed by atoms with Gasteiger partial charge in [-0.25, -0.2) is 5.48 Å². The Hall–Kier alpha value is -2.17. The first kappa shape index (κ1) is 17.2. The van der Waals surface area contributed by atoms with Crippen molar-refractivity contribution in [3.63, 3.8) is 0 Å². The Morgan fingerprint density at radius 1 is 1.00 bits per heavy atom. The van der Waals surface area contributed by atoms with Gasteiger partial charge in [0.15, 0.2) is 0 Å². The standard InChI is InChI=1S/C19H22NO3/c21-18(12-11-15-7-3-1-4-8-15)14-17(19(22)20-23)13-16-9-5-2-6-10-16/h1-10,12,17-18,21,23H,11,13-14H2,(H,20,22)/t17-,18+/m1/s1. The van der Waals surface area contributed by atoms with Gasteiger partial charge in [0, 0.05) is 5.92 Å². The Balaban J connectivity index is 1.90. The molecule has 0 bridgehead atoms. The van der Waals surface area contributed by atoms with Crippen LogP contribution in [0, 0.1) is 12.3 Å². The molecule has 3 N–H and O–H groups in total. The molecule has 0 fully saturated rings. The van der Waals surface area contributed by atoms with Gasteiger partial charge in [0.1, 0.15) is 0 Å². The van der Waals surface area contributed by atoms with Crippen LogP contribution >= 0.6 is 0 Å². The predicted molar refractivity (Wildman–Crippen MR) is 88.6 cm³/mol. The van der Waals surface area contributed by atoms with E-state index in [2.05, 4.69) is 0 Å². The van der Waals surface area contributed by atoms with Gasteiger partial charge in [-0.15, -0.1) is 0 Å². The van der Waals surface area contributed by atoms with E-state index in [9.17, 15) is 9.90 Å². The van der Waals surface area contributed by atoms with Crippen LogP contribution in [0.2, 0.25) is 0 Å². The average molecular weight is 312 g/mol. The first-order chi connectivity index (χ1) is 11.2. The van der Waals surface area contributed by atoms with Gasteiger partial charge in [-0.2, -0.15) is 0 Å². The summed E-state index contributed by atoms with van der Waals surface area (Å²) in [6.45, 7) is 0. The highest BCUT2D eigenvalue weighted by molar-refractivity contribution is 5.77. The van der Waals surface area contributed by atoms with Crippen molar-refractivity contribution in [3.8, 4) is 0 Å². The van der Waals surface area contributed by atoms with Crippen molar-refractivity contribution in [3.05, 3.63) is 78.2 Å². The van der Waals surface area contributed by atoms with E-state index in [4.69, 9.17) is 5.21 Å². The lowest BCUT2D eigenvalue weighted by atomic mass is 9.91. The maximum Gasteiger partial charge on any atom is 0.246 e. The molecule has 121 valence electrons. The summed E-state index contributed by atoms with van der Waals surface area (Å²) in [4.78, 5) is 11.8. The number of rotatable bonds is 8. The topological polar surface area (TPSA) is 69.6 Å². The summed E-state index contributed by atoms with van der Waals surface area (Å²) in [5.41, 5.74) is 3.81. The van der Waals surface area contributed by atoms with Gasteiger partial charge in [0.25, 0.3) is 0 Å². The summed E-state index contributed by atoms with van der Waals surface area (Å²) in [7, 11) is 0. The van der Waals surface area contributed by atoms with Crippen molar-refractivity contribution in [1.29, 1.82) is 0 Å². The molecule has 1 amide bonds. The molecule has 4 nitrogen and oxygen atoms in total. The molecule has 0 aliphatic carbocycles. The SMILES string of the molecule is O=C(NO)[C@H](Cc1ccccc1)C[C@@H](O)[CH]Cc1ccccc1. The van der Waals surface area contributed by atoms with Gasteiger partial charge < -0.3 is 5.11 Å². The molecule has 4 heteroatoms. The van der Waals surface area contributed by atoms with Crippen molar-refractivity contribution in [2.24, 2.45) is 5.92 Å². The number of carbonyl (C=O) groups excluding carboxylic acids is 1. The van der Waals surface area contributed by atoms with E-state index in [0.717, 1.165) is 11.1 Å². The number of hydrogen-bond acceptors (Lipinski definition) is 3. The quantitative estimate of drug-likeness (QED) is 0.518. The molecule has 0 aromatic heterocycles. The van der Waals surface area contributed by atoms with Crippen LogP contribution < -0.4 is 5.48 Å². The lowest BCUT2D eigenvalue weighted by Gasteiger charge is -2.18. The minimum Gasteiger partial charge on any atom is -0.393 e. The third-order valence-corrected chi connectivity index (χ3v) is 3.80. The second-order valence-electron chi connectivity index (χ2n) is 5.59. The minimum absolute atomic E-state index is 0.272. The number of carbonyl (C=O) groups is 1. The van der Waals surface area contributed by atoms with Gasteiger partial charge >= 0.3 is 0 Å². The van der Waals surface area contributed by atoms with E-state index in [1.165, 1.54) is 0 Å². The highest BCUT2D eigenvalue weighted by Gasteiger charge is 2.22. The van der Waals surface area contributed by atoms with E-state index in [-0.39, 0.29) is 6.42 Å². The fraction of sp³-hybridized carbons (Fsp3) is 0.263. The van der Waals surface area contributed by atoms with Crippen molar-refractivity contribution >= 4 is 5.91 Å². The maximum absolute atomic E-state index is 11.8. The van der Waals surface area contributed by atoms with Crippen LogP contribution in [-0.2, 0) is 17.6 Å². The molecule has 0 spiro atoms. The molecule has 0 aliphatic rings. The largest absolute Gasteiger partial charge is 0.393 e. The molecule has 2 atom stereocenters. The molecule has 0 saturated heterocycles. The number of benzene rings is 2. The second kappa shape index (κ2) is 9.08. The molecule has 2 rings (SSSR count). The molecule has 0 saturated carbocycles. The summed E-state index contributed by atoms with van der Waals surface area (Å²) in [6, 6.07) is 19.4. The van der Waals surface area contributed by atoms with Gasteiger partial charge in [0.05, 0.1) is 6.10 Å². The van der Waals surface area contributed by atoms with Gasteiger partial charge in [-0.1, -0.05) is 60.7 Å². The van der Waals surface area contributed by atoms with Gasteiger partial charge in [-0.3, -0.25) is 10.0 Å². The minimum atomic E-state index is -0.707. The van der Waals surface area contributed by atoms with E-state index < -0.39 is 17.9 Å². The molecule has 0 heterocycles. The number of amides is 1. The first-order valence-electron chi connectivity index (χ1n) is 7.72. The van der Waals surface area contributed by atoms with Crippen molar-refractivity contribution < 1.29 is 15.1 Å². The van der Waals surface area contributed by atoms with E-state index in [1.54, 1.807) is 11.9 Å². The van der Waals surface area contributed by atoms with Crippen LogP contribution in [0.1, 0.15) is 17.5 Å². The number of aliphatic hydroxyl groups excluding tert-OH is 1. The Morgan fingerprint density at radius 2 is 1.57 bits per heavy atom. The fourth-order valence-corrected chi connectivity index (χ4v) is 2.55. The zero-order valence-corrected chi connectivity index (χ0v) is 12.9. The Bertz CT molecular complexity index is 586. The number of hydroxylamine groups is 1. The summed E-state index contributed by atoms with van der Waals surface area (Å²) >= 11 is 0. The van der Waals surface area contributed by atoms with Crippen LogP contribution in [0.25, 0.3) is 0 Å². The molecule has 2 aromatic rings.